The summed E-state index contributed by atoms with van der Waals surface area (Å²) in [6, 6.07) is 3.42. The summed E-state index contributed by atoms with van der Waals surface area (Å²) in [6.45, 7) is 2.33. The Kier molecular flexibility index (Phi) is 4.27. The summed E-state index contributed by atoms with van der Waals surface area (Å²) in [6.07, 6.45) is 1.96. The fraction of sp³-hybridized carbons (Fsp3) is 0.538. The van der Waals surface area contributed by atoms with Gasteiger partial charge in [-0.2, -0.15) is 0 Å². The highest BCUT2D eigenvalue weighted by Crippen LogP contribution is 2.24. The lowest BCUT2D eigenvalue weighted by molar-refractivity contribution is -0.121. The van der Waals surface area contributed by atoms with Gasteiger partial charge in [-0.3, -0.25) is 4.79 Å². The quantitative estimate of drug-likeness (QED) is 0.824. The van der Waals surface area contributed by atoms with E-state index in [9.17, 15) is 13.2 Å². The van der Waals surface area contributed by atoms with E-state index in [4.69, 9.17) is 4.74 Å². The van der Waals surface area contributed by atoms with Gasteiger partial charge in [0.1, 0.15) is 0 Å². The first-order valence-electron chi connectivity index (χ1n) is 6.48. The zero-order chi connectivity index (χ0) is 14.8. The summed E-state index contributed by atoms with van der Waals surface area (Å²) in [4.78, 5) is 18.1. The first-order valence-corrected chi connectivity index (χ1v) is 8.31. The van der Waals surface area contributed by atoms with Crippen molar-refractivity contribution >= 4 is 21.4 Å². The lowest BCUT2D eigenvalue weighted by Gasteiger charge is -2.23. The molecule has 1 aliphatic heterocycles. The summed E-state index contributed by atoms with van der Waals surface area (Å²) < 4.78 is 27.9. The molecule has 1 saturated heterocycles. The standard InChI is InChI=1S/C13H18N2O4S/c1-3-15(11-4-5-12(19-2)14-8-11)13(16)10-6-7-20(17,18)9-10/h4-5,8,10H,3,6-7,9H2,1-2H3. The molecule has 6 nitrogen and oxygen atoms in total. The second-order valence-electron chi connectivity index (χ2n) is 4.74. The lowest BCUT2D eigenvalue weighted by atomic mass is 10.1. The van der Waals surface area contributed by atoms with Gasteiger partial charge in [0.15, 0.2) is 9.84 Å². The Hall–Kier alpha value is -1.63. The molecule has 0 radical (unpaired) electrons. The SMILES string of the molecule is CCN(C(=O)C1CCS(=O)(=O)C1)c1ccc(OC)nc1. The summed E-state index contributed by atoms with van der Waals surface area (Å²) >= 11 is 0. The molecule has 7 heteroatoms. The van der Waals surface area contributed by atoms with E-state index in [1.165, 1.54) is 7.11 Å². The lowest BCUT2D eigenvalue weighted by Crippen LogP contribution is -2.36. The topological polar surface area (TPSA) is 76.6 Å². The molecule has 1 unspecified atom stereocenters. The molecule has 1 aromatic rings. The number of carbonyl (C=O) groups excluding carboxylic acids is 1. The number of aromatic nitrogens is 1. The molecule has 0 aliphatic carbocycles. The maximum atomic E-state index is 12.4. The van der Waals surface area contributed by atoms with Gasteiger partial charge in [-0.25, -0.2) is 13.4 Å². The van der Waals surface area contributed by atoms with Crippen molar-refractivity contribution in [2.24, 2.45) is 5.92 Å². The normalized spacial score (nSPS) is 20.6. The number of sulfone groups is 1. The molecule has 0 N–H and O–H groups in total. The van der Waals surface area contributed by atoms with Crippen molar-refractivity contribution < 1.29 is 17.9 Å². The Balaban J connectivity index is 2.17. The Morgan fingerprint density at radius 2 is 2.25 bits per heavy atom. The third kappa shape index (κ3) is 3.09. The van der Waals surface area contributed by atoms with E-state index in [0.717, 1.165) is 0 Å². The van der Waals surface area contributed by atoms with Crippen molar-refractivity contribution in [3.05, 3.63) is 18.3 Å². The van der Waals surface area contributed by atoms with Gasteiger partial charge in [0.05, 0.1) is 36.4 Å². The highest BCUT2D eigenvalue weighted by molar-refractivity contribution is 7.91. The van der Waals surface area contributed by atoms with Crippen LogP contribution in [0.25, 0.3) is 0 Å². The molecular formula is C13H18N2O4S. The zero-order valence-electron chi connectivity index (χ0n) is 11.6. The summed E-state index contributed by atoms with van der Waals surface area (Å²) in [5, 5.41) is 0. The number of hydrogen-bond acceptors (Lipinski definition) is 5. The number of rotatable bonds is 4. The zero-order valence-corrected chi connectivity index (χ0v) is 12.4. The summed E-state index contributed by atoms with van der Waals surface area (Å²) in [5.74, 6) is -0.0726. The van der Waals surface area contributed by atoms with Gasteiger partial charge in [-0.05, 0) is 19.4 Å². The van der Waals surface area contributed by atoms with E-state index in [1.807, 2.05) is 6.92 Å². The maximum Gasteiger partial charge on any atom is 0.231 e. The van der Waals surface area contributed by atoms with Crippen molar-refractivity contribution in [1.29, 1.82) is 0 Å². The minimum absolute atomic E-state index is 0.0497. The molecule has 1 aromatic heterocycles. The van der Waals surface area contributed by atoms with Crippen molar-refractivity contribution in [2.75, 3.05) is 30.1 Å². The molecule has 0 spiro atoms. The van der Waals surface area contributed by atoms with E-state index in [-0.39, 0.29) is 17.4 Å². The number of methoxy groups -OCH3 is 1. The maximum absolute atomic E-state index is 12.4. The number of anilines is 1. The monoisotopic (exact) mass is 298 g/mol. The smallest absolute Gasteiger partial charge is 0.231 e. The van der Waals surface area contributed by atoms with Crippen LogP contribution in [0.3, 0.4) is 0 Å². The molecule has 2 rings (SSSR count). The van der Waals surface area contributed by atoms with E-state index < -0.39 is 15.8 Å². The predicted molar refractivity (Wildman–Crippen MR) is 75.6 cm³/mol. The Morgan fingerprint density at radius 3 is 2.70 bits per heavy atom. The second-order valence-corrected chi connectivity index (χ2v) is 6.97. The van der Waals surface area contributed by atoms with Gasteiger partial charge in [-0.1, -0.05) is 0 Å². The highest BCUT2D eigenvalue weighted by Gasteiger charge is 2.35. The van der Waals surface area contributed by atoms with Crippen LogP contribution in [0.5, 0.6) is 5.88 Å². The third-order valence-corrected chi connectivity index (χ3v) is 5.17. The molecule has 1 atom stereocenters. The molecule has 0 aromatic carbocycles. The largest absolute Gasteiger partial charge is 0.481 e. The molecule has 1 aliphatic rings. The van der Waals surface area contributed by atoms with Crippen LogP contribution in [0.4, 0.5) is 5.69 Å². The van der Waals surface area contributed by atoms with Crippen LogP contribution >= 0.6 is 0 Å². The number of amides is 1. The average molecular weight is 298 g/mol. The van der Waals surface area contributed by atoms with E-state index >= 15 is 0 Å². The molecular weight excluding hydrogens is 280 g/mol. The molecule has 2 heterocycles. The molecule has 1 fully saturated rings. The molecule has 110 valence electrons. The van der Waals surface area contributed by atoms with Crippen LogP contribution in [0, 0.1) is 5.92 Å². The van der Waals surface area contributed by atoms with Gasteiger partial charge in [-0.15, -0.1) is 0 Å². The van der Waals surface area contributed by atoms with Gasteiger partial charge in [0.25, 0.3) is 0 Å². The summed E-state index contributed by atoms with van der Waals surface area (Å²) in [5.41, 5.74) is 0.655. The minimum Gasteiger partial charge on any atom is -0.481 e. The van der Waals surface area contributed by atoms with Gasteiger partial charge < -0.3 is 9.64 Å². The van der Waals surface area contributed by atoms with E-state index in [1.54, 1.807) is 23.2 Å². The number of ether oxygens (including phenoxy) is 1. The van der Waals surface area contributed by atoms with Crippen LogP contribution in [0.1, 0.15) is 13.3 Å². The number of nitrogens with zero attached hydrogens (tertiary/aromatic N) is 2. The fourth-order valence-electron chi connectivity index (χ4n) is 2.33. The first kappa shape index (κ1) is 14.8. The second kappa shape index (κ2) is 5.78. The van der Waals surface area contributed by atoms with Crippen molar-refractivity contribution in [3.8, 4) is 5.88 Å². The molecule has 0 bridgehead atoms. The Morgan fingerprint density at radius 1 is 1.50 bits per heavy atom. The van der Waals surface area contributed by atoms with Crippen LogP contribution < -0.4 is 9.64 Å². The van der Waals surface area contributed by atoms with Crippen LogP contribution in [0.15, 0.2) is 18.3 Å². The fourth-order valence-corrected chi connectivity index (χ4v) is 4.06. The number of pyridine rings is 1. The van der Waals surface area contributed by atoms with Crippen molar-refractivity contribution in [2.45, 2.75) is 13.3 Å². The van der Waals surface area contributed by atoms with Crippen LogP contribution in [0.2, 0.25) is 0 Å². The summed E-state index contributed by atoms with van der Waals surface area (Å²) in [7, 11) is -1.54. The number of hydrogen-bond donors (Lipinski definition) is 0. The van der Waals surface area contributed by atoms with E-state index in [0.29, 0.717) is 24.5 Å². The van der Waals surface area contributed by atoms with Gasteiger partial charge >= 0.3 is 0 Å². The molecule has 20 heavy (non-hydrogen) atoms. The molecule has 1 amide bonds. The Bertz CT molecular complexity index is 583. The number of carbonyl (C=O) groups is 1. The van der Waals surface area contributed by atoms with Gasteiger partial charge in [0.2, 0.25) is 11.8 Å². The predicted octanol–water partition coefficient (Wildman–Crippen LogP) is 0.878. The van der Waals surface area contributed by atoms with Crippen LogP contribution in [-0.2, 0) is 14.6 Å². The first-order chi connectivity index (χ1) is 9.46. The van der Waals surface area contributed by atoms with Gasteiger partial charge in [0, 0.05) is 12.6 Å². The van der Waals surface area contributed by atoms with E-state index in [2.05, 4.69) is 4.98 Å². The van der Waals surface area contributed by atoms with Crippen molar-refractivity contribution in [1.82, 2.24) is 4.98 Å². The molecule has 0 saturated carbocycles. The third-order valence-electron chi connectivity index (χ3n) is 3.41. The minimum atomic E-state index is -3.06. The Labute approximate surface area is 118 Å². The average Bonchev–Trinajstić information content (AvgIpc) is 2.80. The van der Waals surface area contributed by atoms with Crippen LogP contribution in [-0.4, -0.2) is 44.5 Å². The van der Waals surface area contributed by atoms with Crippen molar-refractivity contribution in [3.63, 3.8) is 0 Å². The highest BCUT2D eigenvalue weighted by atomic mass is 32.2.